The van der Waals surface area contributed by atoms with Crippen molar-refractivity contribution in [3.05, 3.63) is 65.4 Å². The summed E-state index contributed by atoms with van der Waals surface area (Å²) in [6.07, 6.45) is 5.99. The lowest BCUT2D eigenvalue weighted by molar-refractivity contribution is -0.165. The predicted molar refractivity (Wildman–Crippen MR) is 222 cm³/mol. The number of carbonyl (C=O) groups excluding carboxylic acids is 4. The number of nitrogens with zero attached hydrogens (tertiary/aromatic N) is 2. The first kappa shape index (κ1) is 43.3. The van der Waals surface area contributed by atoms with Gasteiger partial charge in [0.1, 0.15) is 11.8 Å². The first-order valence-corrected chi connectivity index (χ1v) is 21.0. The number of para-hydroxylation sites is 1. The Morgan fingerprint density at radius 2 is 1.88 bits per heavy atom. The number of hydrogen-bond acceptors (Lipinski definition) is 10. The number of methoxy groups -OCH3 is 1. The first-order chi connectivity index (χ1) is 28.4. The molecule has 2 aromatic carbocycles. The number of carbonyl (C=O) groups is 4. The molecule has 2 unspecified atom stereocenters. The van der Waals surface area contributed by atoms with Crippen molar-refractivity contribution < 1.29 is 43.2 Å². The number of guanidine groups is 1. The van der Waals surface area contributed by atoms with Crippen molar-refractivity contribution in [3.8, 4) is 11.5 Å². The summed E-state index contributed by atoms with van der Waals surface area (Å²) in [4.78, 5) is 57.4. The number of esters is 1. The summed E-state index contributed by atoms with van der Waals surface area (Å²) in [7, 11) is 1.59. The number of hydrogen-bond donors (Lipinski definition) is 5. The van der Waals surface area contributed by atoms with Gasteiger partial charge in [-0.3, -0.25) is 19.4 Å². The van der Waals surface area contributed by atoms with E-state index in [9.17, 15) is 24.3 Å². The molecule has 1 spiro atoms. The summed E-state index contributed by atoms with van der Waals surface area (Å²) in [6.45, 7) is 6.49. The van der Waals surface area contributed by atoms with Crippen LogP contribution in [0.25, 0.3) is 0 Å². The van der Waals surface area contributed by atoms with Gasteiger partial charge >= 0.3 is 12.1 Å². The minimum Gasteiger partial charge on any atom is -0.493 e. The molecule has 2 bridgehead atoms. The lowest BCUT2D eigenvalue weighted by Crippen LogP contribution is -2.69. The highest BCUT2D eigenvalue weighted by Gasteiger charge is 2.72. The Morgan fingerprint density at radius 3 is 2.63 bits per heavy atom. The van der Waals surface area contributed by atoms with E-state index in [0.717, 1.165) is 29.7 Å². The second kappa shape index (κ2) is 19.2. The number of rotatable bonds is 19. The maximum Gasteiger partial charge on any atom is 0.415 e. The van der Waals surface area contributed by atoms with Gasteiger partial charge in [-0.05, 0) is 100.0 Å². The summed E-state index contributed by atoms with van der Waals surface area (Å²) in [5.41, 5.74) is 7.04. The molecule has 0 radical (unpaired) electrons. The van der Waals surface area contributed by atoms with Gasteiger partial charge in [-0.25, -0.2) is 4.79 Å². The summed E-state index contributed by atoms with van der Waals surface area (Å²) in [6, 6.07) is 12.6. The van der Waals surface area contributed by atoms with E-state index in [1.165, 1.54) is 11.8 Å². The summed E-state index contributed by atoms with van der Waals surface area (Å²) in [5, 5.41) is 21.3. The molecular formula is C44H60N6O9. The van der Waals surface area contributed by atoms with Gasteiger partial charge in [0.05, 0.1) is 24.7 Å². The fourth-order valence-electron chi connectivity index (χ4n) is 9.56. The molecule has 3 aliphatic carbocycles. The van der Waals surface area contributed by atoms with Crippen molar-refractivity contribution in [1.82, 2.24) is 15.5 Å². The molecular weight excluding hydrogens is 757 g/mol. The van der Waals surface area contributed by atoms with Crippen molar-refractivity contribution in [2.45, 2.75) is 108 Å². The number of benzene rings is 2. The number of nitrogens with two attached hydrogens (primary N) is 1. The number of nitrogens with one attached hydrogen (secondary N) is 3. The molecule has 6 atom stereocenters. The van der Waals surface area contributed by atoms with Gasteiger partial charge in [-0.1, -0.05) is 37.6 Å². The molecule has 6 N–H and O–H groups in total. The number of ether oxygens (including phenoxy) is 4. The Hall–Kier alpha value is -5.31. The van der Waals surface area contributed by atoms with Crippen LogP contribution in [0.2, 0.25) is 0 Å². The zero-order valence-corrected chi connectivity index (χ0v) is 34.7. The van der Waals surface area contributed by atoms with Gasteiger partial charge < -0.3 is 50.6 Å². The van der Waals surface area contributed by atoms with Gasteiger partial charge in [-0.15, -0.1) is 0 Å². The van der Waals surface area contributed by atoms with E-state index >= 15 is 0 Å². The van der Waals surface area contributed by atoms with E-state index in [2.05, 4.69) is 33.9 Å². The number of amides is 3. The van der Waals surface area contributed by atoms with Crippen LogP contribution in [0, 0.1) is 11.8 Å². The largest absolute Gasteiger partial charge is 0.493 e. The zero-order chi connectivity index (χ0) is 42.2. The number of aliphatic hydroxyl groups is 1. The third-order valence-electron chi connectivity index (χ3n) is 12.4. The highest BCUT2D eigenvalue weighted by molar-refractivity contribution is 5.92. The molecule has 15 heteroatoms. The van der Waals surface area contributed by atoms with Crippen LogP contribution in [0.1, 0.15) is 89.7 Å². The molecule has 1 aliphatic heterocycles. The molecule has 15 nitrogen and oxygen atoms in total. The normalized spacial score (nSPS) is 24.1. The molecule has 3 amide bonds. The molecule has 1 saturated carbocycles. The summed E-state index contributed by atoms with van der Waals surface area (Å²) >= 11 is 0. The fraction of sp³-hybridized carbons (Fsp3) is 0.568. The van der Waals surface area contributed by atoms with Crippen LogP contribution in [-0.4, -0.2) is 97.5 Å². The molecule has 59 heavy (non-hydrogen) atoms. The smallest absolute Gasteiger partial charge is 0.415 e. The Morgan fingerprint density at radius 1 is 1.08 bits per heavy atom. The van der Waals surface area contributed by atoms with Crippen molar-refractivity contribution in [2.75, 3.05) is 45.2 Å². The van der Waals surface area contributed by atoms with E-state index in [4.69, 9.17) is 24.7 Å². The van der Waals surface area contributed by atoms with Gasteiger partial charge in [0.25, 0.3) is 0 Å². The van der Waals surface area contributed by atoms with Crippen molar-refractivity contribution in [1.29, 1.82) is 0 Å². The second-order valence-corrected chi connectivity index (χ2v) is 16.1. The SMILES string of the molecule is CCOC(=O)CCCCCN(CCNC(=O)[C@H](CCCN=C(N)Nc1ccccc1)NC(C)=O)C(=O)OC1=CCC2(O)[C@H]3Cc4ccc(OC)c5c4[C@@]2(CC[C@H]3C)C1O5. The van der Waals surface area contributed by atoms with Crippen LogP contribution in [0.3, 0.4) is 0 Å². The molecule has 4 aliphatic rings. The van der Waals surface area contributed by atoms with Crippen molar-refractivity contribution in [3.63, 3.8) is 0 Å². The quantitative estimate of drug-likeness (QED) is 0.0569. The summed E-state index contributed by atoms with van der Waals surface area (Å²) in [5.74, 6) is 1.08. The minimum atomic E-state index is -1.08. The third-order valence-corrected chi connectivity index (χ3v) is 12.4. The Kier molecular flexibility index (Phi) is 14.1. The van der Waals surface area contributed by atoms with Gasteiger partial charge in [0.15, 0.2) is 23.6 Å². The van der Waals surface area contributed by atoms with Gasteiger partial charge in [0.2, 0.25) is 11.8 Å². The monoisotopic (exact) mass is 816 g/mol. The molecule has 320 valence electrons. The number of unbranched alkanes of at least 4 members (excludes halogenated alkanes) is 2. The first-order valence-electron chi connectivity index (χ1n) is 21.0. The van der Waals surface area contributed by atoms with Crippen LogP contribution >= 0.6 is 0 Å². The number of anilines is 1. The Balaban J connectivity index is 1.12. The highest BCUT2D eigenvalue weighted by Crippen LogP contribution is 2.68. The van der Waals surface area contributed by atoms with Crippen LogP contribution in [-0.2, 0) is 35.7 Å². The van der Waals surface area contributed by atoms with E-state index in [1.54, 1.807) is 14.0 Å². The molecule has 0 aromatic heterocycles. The van der Waals surface area contributed by atoms with Crippen LogP contribution in [0.5, 0.6) is 11.5 Å². The Labute approximate surface area is 346 Å². The molecule has 0 saturated heterocycles. The van der Waals surface area contributed by atoms with E-state index in [0.29, 0.717) is 87.8 Å². The Bertz CT molecular complexity index is 1910. The lowest BCUT2D eigenvalue weighted by atomic mass is 9.45. The van der Waals surface area contributed by atoms with E-state index in [1.807, 2.05) is 42.5 Å². The van der Waals surface area contributed by atoms with Crippen LogP contribution < -0.4 is 31.2 Å². The van der Waals surface area contributed by atoms with Gasteiger partial charge in [-0.2, -0.15) is 0 Å². The van der Waals surface area contributed by atoms with Crippen LogP contribution in [0.4, 0.5) is 10.5 Å². The van der Waals surface area contributed by atoms with Gasteiger partial charge in [0, 0.05) is 50.8 Å². The molecule has 1 fully saturated rings. The lowest BCUT2D eigenvalue weighted by Gasteiger charge is -2.61. The van der Waals surface area contributed by atoms with Crippen molar-refractivity contribution in [2.24, 2.45) is 22.6 Å². The third kappa shape index (κ3) is 9.29. The summed E-state index contributed by atoms with van der Waals surface area (Å²) < 4.78 is 23.7. The maximum absolute atomic E-state index is 14.2. The van der Waals surface area contributed by atoms with Crippen molar-refractivity contribution >= 4 is 35.5 Å². The zero-order valence-electron chi connectivity index (χ0n) is 34.7. The average Bonchev–Trinajstić information content (AvgIpc) is 3.57. The van der Waals surface area contributed by atoms with E-state index < -0.39 is 35.2 Å². The second-order valence-electron chi connectivity index (χ2n) is 16.1. The molecule has 6 rings (SSSR count). The predicted octanol–water partition coefficient (Wildman–Crippen LogP) is 4.70. The molecule has 2 aromatic rings. The standard InChI is InChI=1S/C44H60N6O9/c1-5-57-36(52)16-10-7-11-25-50(26-24-46-40(53)33(48-29(3)51)15-12-23-47-41(45)49-31-13-8-6-9-14-31)42(54)58-35-20-22-44(55)32-27-30-17-18-34(56-4)38-37(30)43(44,39(35)59-38)21-19-28(32)2/h6,8-9,13-14,17-18,20,28,32-33,39,55H,5,7,10-12,15-16,19,21-27H2,1-4H3,(H,46,53)(H,48,51)(H3,45,47,49)/t28-,32+,33+,39?,43+,44?/m1/s1. The minimum absolute atomic E-state index is 0.0150. The molecule has 1 heterocycles. The van der Waals surface area contributed by atoms with Crippen LogP contribution in [0.15, 0.2) is 59.3 Å². The fourth-order valence-corrected chi connectivity index (χ4v) is 9.56. The number of aliphatic imine (C=N–C) groups is 1. The average molecular weight is 817 g/mol. The topological polar surface area (TPSA) is 203 Å². The van der Waals surface area contributed by atoms with E-state index in [-0.39, 0.29) is 43.3 Å². The maximum atomic E-state index is 14.2. The highest BCUT2D eigenvalue weighted by atomic mass is 16.6.